The summed E-state index contributed by atoms with van der Waals surface area (Å²) in [6, 6.07) is 3.67. The van der Waals surface area contributed by atoms with Crippen LogP contribution in [0.1, 0.15) is 24.8 Å². The summed E-state index contributed by atoms with van der Waals surface area (Å²) in [5.74, 6) is -0.0276. The lowest BCUT2D eigenvalue weighted by Crippen LogP contribution is -2.47. The van der Waals surface area contributed by atoms with Crippen molar-refractivity contribution in [2.75, 3.05) is 25.0 Å². The molecule has 1 aromatic carbocycles. The van der Waals surface area contributed by atoms with E-state index in [4.69, 9.17) is 4.74 Å². The fourth-order valence-electron chi connectivity index (χ4n) is 3.07. The first-order valence-corrected chi connectivity index (χ1v) is 8.67. The number of halogens is 3. The number of carbonyl (C=O) groups is 2. The third-order valence-electron chi connectivity index (χ3n) is 4.58. The van der Waals surface area contributed by atoms with Crippen molar-refractivity contribution in [2.45, 2.75) is 31.5 Å². The van der Waals surface area contributed by atoms with Crippen molar-refractivity contribution in [3.8, 4) is 0 Å². The van der Waals surface area contributed by atoms with Crippen molar-refractivity contribution in [2.24, 2.45) is 0 Å². The Morgan fingerprint density at radius 3 is 2.33 bits per heavy atom. The third kappa shape index (κ3) is 4.93. The minimum atomic E-state index is -4.41. The summed E-state index contributed by atoms with van der Waals surface area (Å²) in [4.78, 5) is 26.0. The molecule has 0 bridgehead atoms. The van der Waals surface area contributed by atoms with Crippen molar-refractivity contribution >= 4 is 17.6 Å². The molecule has 0 spiro atoms. The fraction of sp³-hybridized carbons (Fsp3) is 0.444. The zero-order valence-electron chi connectivity index (χ0n) is 14.5. The maximum Gasteiger partial charge on any atom is 0.416 e. The van der Waals surface area contributed by atoms with Crippen LogP contribution in [0.4, 0.5) is 23.7 Å². The van der Waals surface area contributed by atoms with Crippen LogP contribution in [0.3, 0.4) is 0 Å². The van der Waals surface area contributed by atoms with Crippen LogP contribution in [0, 0.1) is 0 Å². The van der Waals surface area contributed by atoms with Crippen LogP contribution in [-0.2, 0) is 15.7 Å². The van der Waals surface area contributed by atoms with Crippen molar-refractivity contribution < 1.29 is 27.5 Å². The van der Waals surface area contributed by atoms with Crippen LogP contribution in [0.5, 0.6) is 0 Å². The van der Waals surface area contributed by atoms with E-state index in [2.05, 4.69) is 10.6 Å². The summed E-state index contributed by atoms with van der Waals surface area (Å²) in [5, 5.41) is 5.31. The molecule has 0 aromatic heterocycles. The number of hydrogen-bond acceptors (Lipinski definition) is 3. The highest BCUT2D eigenvalue weighted by Gasteiger charge is 2.30. The molecule has 1 aromatic rings. The van der Waals surface area contributed by atoms with Gasteiger partial charge in [-0.1, -0.05) is 0 Å². The number of carbonyl (C=O) groups excluding carboxylic acids is 2. The van der Waals surface area contributed by atoms with Crippen LogP contribution in [0.2, 0.25) is 0 Å². The topological polar surface area (TPSA) is 70.7 Å². The van der Waals surface area contributed by atoms with E-state index in [9.17, 15) is 22.8 Å². The second-order valence-corrected chi connectivity index (χ2v) is 6.50. The Morgan fingerprint density at radius 1 is 1.11 bits per heavy atom. The molecule has 1 fully saturated rings. The first-order chi connectivity index (χ1) is 12.8. The van der Waals surface area contributed by atoms with Gasteiger partial charge in [-0.15, -0.1) is 0 Å². The summed E-state index contributed by atoms with van der Waals surface area (Å²) in [6.45, 7) is 1.59. The lowest BCUT2D eigenvalue weighted by Gasteiger charge is -2.32. The van der Waals surface area contributed by atoms with Crippen molar-refractivity contribution in [1.29, 1.82) is 0 Å². The normalized spacial score (nSPS) is 17.9. The number of ether oxygens (including phenoxy) is 1. The van der Waals surface area contributed by atoms with Gasteiger partial charge in [0, 0.05) is 31.2 Å². The first kappa shape index (κ1) is 19.1. The standard InChI is InChI=1S/C18H20F3N3O3/c19-18(20,21)13-1-3-14(4-2-13)22-17(26)23-15-5-8-24(9-6-15)16(25)12-7-10-27-11-12/h1-4,11,15H,5-10H2,(H2,22,23,26). The molecule has 2 aliphatic heterocycles. The highest BCUT2D eigenvalue weighted by molar-refractivity contribution is 5.93. The average molecular weight is 383 g/mol. The molecule has 9 heteroatoms. The number of hydrogen-bond donors (Lipinski definition) is 2. The van der Waals surface area contributed by atoms with Gasteiger partial charge in [0.05, 0.1) is 24.0 Å². The summed E-state index contributed by atoms with van der Waals surface area (Å²) in [7, 11) is 0. The van der Waals surface area contributed by atoms with Gasteiger partial charge in [-0.05, 0) is 37.1 Å². The monoisotopic (exact) mass is 383 g/mol. The summed E-state index contributed by atoms with van der Waals surface area (Å²) in [6.07, 6.45) is -1.07. The van der Waals surface area contributed by atoms with Crippen LogP contribution in [0.25, 0.3) is 0 Å². The molecule has 146 valence electrons. The highest BCUT2D eigenvalue weighted by atomic mass is 19.4. The van der Waals surface area contributed by atoms with Crippen molar-refractivity contribution in [3.63, 3.8) is 0 Å². The number of rotatable bonds is 3. The number of urea groups is 1. The van der Waals surface area contributed by atoms with E-state index in [1.807, 2.05) is 0 Å². The molecule has 0 radical (unpaired) electrons. The molecular formula is C18H20F3N3O3. The molecule has 3 rings (SSSR count). The molecule has 2 heterocycles. The predicted octanol–water partition coefficient (Wildman–Crippen LogP) is 3.12. The van der Waals surface area contributed by atoms with E-state index >= 15 is 0 Å². The first-order valence-electron chi connectivity index (χ1n) is 8.67. The van der Waals surface area contributed by atoms with Crippen LogP contribution >= 0.6 is 0 Å². The number of piperidine rings is 1. The zero-order chi connectivity index (χ0) is 19.4. The summed E-state index contributed by atoms with van der Waals surface area (Å²) < 4.78 is 42.7. The molecule has 0 atom stereocenters. The van der Waals surface area contributed by atoms with Crippen LogP contribution in [-0.4, -0.2) is 42.6 Å². The number of benzene rings is 1. The van der Waals surface area contributed by atoms with Gasteiger partial charge >= 0.3 is 12.2 Å². The van der Waals surface area contributed by atoms with Gasteiger partial charge in [-0.2, -0.15) is 13.2 Å². The van der Waals surface area contributed by atoms with Gasteiger partial charge < -0.3 is 20.3 Å². The quantitative estimate of drug-likeness (QED) is 0.843. The predicted molar refractivity (Wildman–Crippen MR) is 91.9 cm³/mol. The van der Waals surface area contributed by atoms with E-state index in [0.717, 1.165) is 12.1 Å². The van der Waals surface area contributed by atoms with E-state index < -0.39 is 17.8 Å². The zero-order valence-corrected chi connectivity index (χ0v) is 14.5. The lowest BCUT2D eigenvalue weighted by atomic mass is 10.0. The summed E-state index contributed by atoms with van der Waals surface area (Å²) >= 11 is 0. The molecule has 0 unspecified atom stereocenters. The Hall–Kier alpha value is -2.71. The maximum absolute atomic E-state index is 12.5. The number of nitrogens with one attached hydrogen (secondary N) is 2. The minimum Gasteiger partial charge on any atom is -0.500 e. The second kappa shape index (κ2) is 7.89. The Balaban J connectivity index is 1.45. The third-order valence-corrected chi connectivity index (χ3v) is 4.58. The lowest BCUT2D eigenvalue weighted by molar-refractivity contribution is -0.137. The minimum absolute atomic E-state index is 0.0276. The van der Waals surface area contributed by atoms with Crippen molar-refractivity contribution in [1.82, 2.24) is 10.2 Å². The summed E-state index contributed by atoms with van der Waals surface area (Å²) in [5.41, 5.74) is 0.177. The molecule has 0 aliphatic carbocycles. The number of anilines is 1. The number of alkyl halides is 3. The molecule has 0 saturated carbocycles. The van der Waals surface area contributed by atoms with Crippen molar-refractivity contribution in [3.05, 3.63) is 41.7 Å². The van der Waals surface area contributed by atoms with E-state index in [-0.39, 0.29) is 17.6 Å². The molecule has 2 aliphatic rings. The van der Waals surface area contributed by atoms with Gasteiger partial charge in [0.15, 0.2) is 0 Å². The Kier molecular flexibility index (Phi) is 5.57. The maximum atomic E-state index is 12.5. The largest absolute Gasteiger partial charge is 0.500 e. The molecule has 27 heavy (non-hydrogen) atoms. The second-order valence-electron chi connectivity index (χ2n) is 6.50. The van der Waals surface area contributed by atoms with Crippen LogP contribution < -0.4 is 10.6 Å². The molecule has 2 N–H and O–H groups in total. The Bertz CT molecular complexity index is 724. The average Bonchev–Trinajstić information content (AvgIpc) is 3.16. The molecule has 1 saturated heterocycles. The Labute approximate surface area is 154 Å². The smallest absolute Gasteiger partial charge is 0.416 e. The SMILES string of the molecule is O=C(Nc1ccc(C(F)(F)F)cc1)NC1CCN(C(=O)C2=COCC2)CC1. The van der Waals surface area contributed by atoms with E-state index in [0.29, 0.717) is 44.5 Å². The van der Waals surface area contributed by atoms with Crippen LogP contribution in [0.15, 0.2) is 36.1 Å². The number of amides is 3. The van der Waals surface area contributed by atoms with Gasteiger partial charge in [0.25, 0.3) is 5.91 Å². The van der Waals surface area contributed by atoms with Gasteiger partial charge in [-0.25, -0.2) is 4.79 Å². The molecule has 6 nitrogen and oxygen atoms in total. The number of likely N-dealkylation sites (tertiary alicyclic amines) is 1. The number of nitrogens with zero attached hydrogens (tertiary/aromatic N) is 1. The van der Waals surface area contributed by atoms with E-state index in [1.165, 1.54) is 18.4 Å². The Morgan fingerprint density at radius 2 is 1.78 bits per heavy atom. The highest BCUT2D eigenvalue weighted by Crippen LogP contribution is 2.29. The van der Waals surface area contributed by atoms with Gasteiger partial charge in [0.2, 0.25) is 0 Å². The van der Waals surface area contributed by atoms with Gasteiger partial charge in [0.1, 0.15) is 0 Å². The molecule has 3 amide bonds. The fourth-order valence-corrected chi connectivity index (χ4v) is 3.07. The van der Waals surface area contributed by atoms with Gasteiger partial charge in [-0.3, -0.25) is 4.79 Å². The molecular weight excluding hydrogens is 363 g/mol. The van der Waals surface area contributed by atoms with E-state index in [1.54, 1.807) is 4.90 Å².